The van der Waals surface area contributed by atoms with Crippen LogP contribution in [0.5, 0.6) is 0 Å². The van der Waals surface area contributed by atoms with E-state index in [1.54, 1.807) is 0 Å². The number of hydrogen-bond acceptors (Lipinski definition) is 6. The zero-order valence-corrected chi connectivity index (χ0v) is 15.8. The summed E-state index contributed by atoms with van der Waals surface area (Å²) in [6, 6.07) is 0. The van der Waals surface area contributed by atoms with Crippen molar-refractivity contribution in [2.24, 2.45) is 35.5 Å². The maximum atomic E-state index is 10.8. The second-order valence-corrected chi connectivity index (χ2v) is 7.48. The van der Waals surface area contributed by atoms with Gasteiger partial charge in [0.15, 0.2) is 0 Å². The third-order valence-electron chi connectivity index (χ3n) is 5.67. The number of carbonyl (C=O) groups is 6. The van der Waals surface area contributed by atoms with Gasteiger partial charge in [0.2, 0.25) is 0 Å². The Morgan fingerprint density at radius 3 is 0.867 bits per heavy atom. The van der Waals surface area contributed by atoms with Gasteiger partial charge in [-0.15, -0.1) is 0 Å². The van der Waals surface area contributed by atoms with Gasteiger partial charge in [0.25, 0.3) is 0 Å². The molecule has 6 atom stereocenters. The van der Waals surface area contributed by atoms with E-state index in [1.165, 1.54) is 0 Å². The molecule has 0 bridgehead atoms. The quantitative estimate of drug-likeness (QED) is 0.338. The number of hydrogen-bond donors (Lipinski definition) is 6. The summed E-state index contributed by atoms with van der Waals surface area (Å²) in [5.74, 6) is -12.4. The number of carboxylic acid groups (broad SMARTS) is 6. The second-order valence-electron chi connectivity index (χ2n) is 7.48. The van der Waals surface area contributed by atoms with E-state index < -0.39 is 71.3 Å². The van der Waals surface area contributed by atoms with Crippen molar-refractivity contribution in [3.8, 4) is 0 Å². The summed E-state index contributed by atoms with van der Waals surface area (Å²) in [6.07, 6.45) is 0.502. The summed E-state index contributed by atoms with van der Waals surface area (Å²) in [6.45, 7) is 0. The molecule has 0 radical (unpaired) electrons. The Morgan fingerprint density at radius 1 is 0.400 bits per heavy atom. The van der Waals surface area contributed by atoms with Gasteiger partial charge < -0.3 is 30.6 Å². The Balaban J connectivity index is 0.000000300. The maximum Gasteiger partial charge on any atom is 0.307 e. The zero-order valence-electron chi connectivity index (χ0n) is 15.8. The summed E-state index contributed by atoms with van der Waals surface area (Å²) < 4.78 is 0. The molecule has 0 aromatic heterocycles. The largest absolute Gasteiger partial charge is 0.481 e. The number of rotatable bonds is 6. The van der Waals surface area contributed by atoms with E-state index in [0.717, 1.165) is 0 Å². The molecule has 0 amide bonds. The Hall–Kier alpha value is -3.18. The van der Waals surface area contributed by atoms with Gasteiger partial charge in [0.05, 0.1) is 35.5 Å². The standard InChI is InChI=1S/2C9H12O6/c2*10-7(11)4-1-2-5(8(12)13)6(3-4)9(14)15/h2*4-6H,1-3H2,(H,10,11)(H,12,13)(H,14,15)/t4-,5+,6-;4-,5-,6-/m11/s1. The molecule has 12 heteroatoms. The van der Waals surface area contributed by atoms with E-state index in [4.69, 9.17) is 30.6 Å². The molecule has 0 aliphatic heterocycles. The molecule has 6 N–H and O–H groups in total. The molecule has 168 valence electrons. The molecular weight excluding hydrogens is 408 g/mol. The molecule has 0 aromatic carbocycles. The minimum atomic E-state index is -1.23. The van der Waals surface area contributed by atoms with Crippen LogP contribution in [0.3, 0.4) is 0 Å². The molecule has 12 nitrogen and oxygen atoms in total. The van der Waals surface area contributed by atoms with Crippen molar-refractivity contribution in [1.29, 1.82) is 0 Å². The van der Waals surface area contributed by atoms with Gasteiger partial charge in [-0.3, -0.25) is 28.8 Å². The average Bonchev–Trinajstić information content (AvgIpc) is 2.67. The van der Waals surface area contributed by atoms with Gasteiger partial charge >= 0.3 is 35.8 Å². The predicted molar refractivity (Wildman–Crippen MR) is 94.5 cm³/mol. The first-order valence-electron chi connectivity index (χ1n) is 9.23. The molecule has 0 aromatic rings. The molecule has 0 heterocycles. The van der Waals surface area contributed by atoms with Crippen LogP contribution in [0, 0.1) is 35.5 Å². The van der Waals surface area contributed by atoms with Crippen molar-refractivity contribution in [3.63, 3.8) is 0 Å². The summed E-state index contributed by atoms with van der Waals surface area (Å²) in [4.78, 5) is 64.3. The summed E-state index contributed by atoms with van der Waals surface area (Å²) in [7, 11) is 0. The Morgan fingerprint density at radius 2 is 0.667 bits per heavy atom. The number of aliphatic carboxylic acids is 6. The minimum Gasteiger partial charge on any atom is -0.481 e. The Bertz CT molecular complexity index is 654. The van der Waals surface area contributed by atoms with Gasteiger partial charge in [-0.05, 0) is 38.5 Å². The van der Waals surface area contributed by atoms with E-state index in [9.17, 15) is 28.8 Å². The molecular formula is C18H24O12. The number of carboxylic acids is 6. The molecule has 2 rings (SSSR count). The van der Waals surface area contributed by atoms with Crippen LogP contribution in [0.1, 0.15) is 38.5 Å². The van der Waals surface area contributed by atoms with Crippen LogP contribution >= 0.6 is 0 Å². The third-order valence-corrected chi connectivity index (χ3v) is 5.67. The molecule has 30 heavy (non-hydrogen) atoms. The Kier molecular flexibility index (Phi) is 8.75. The minimum absolute atomic E-state index is 0.0956. The van der Waals surface area contributed by atoms with Crippen molar-refractivity contribution in [2.45, 2.75) is 38.5 Å². The van der Waals surface area contributed by atoms with Gasteiger partial charge in [0, 0.05) is 0 Å². The maximum absolute atomic E-state index is 10.8. The van der Waals surface area contributed by atoms with Gasteiger partial charge in [-0.1, -0.05) is 0 Å². The SMILES string of the molecule is O=C(O)[C@@H]1CC[C@@H](C(=O)O)[C@H](C(=O)O)C1.O=C(O)[C@@H]1CC[C@H](C(=O)O)[C@H](C(=O)O)C1. The molecule has 2 aliphatic rings. The smallest absolute Gasteiger partial charge is 0.307 e. The van der Waals surface area contributed by atoms with E-state index >= 15 is 0 Å². The van der Waals surface area contributed by atoms with E-state index in [2.05, 4.69) is 0 Å². The molecule has 2 aliphatic carbocycles. The highest BCUT2D eigenvalue weighted by molar-refractivity contribution is 5.82. The molecule has 0 unspecified atom stereocenters. The fourth-order valence-corrected chi connectivity index (χ4v) is 3.93. The summed E-state index contributed by atoms with van der Waals surface area (Å²) in [5.41, 5.74) is 0. The third kappa shape index (κ3) is 6.42. The second kappa shape index (κ2) is 10.6. The zero-order chi connectivity index (χ0) is 23.2. The average molecular weight is 432 g/mol. The summed E-state index contributed by atoms with van der Waals surface area (Å²) >= 11 is 0. The van der Waals surface area contributed by atoms with Crippen molar-refractivity contribution >= 4 is 35.8 Å². The summed E-state index contributed by atoms with van der Waals surface area (Å²) in [5, 5.41) is 52.6. The van der Waals surface area contributed by atoms with Crippen LogP contribution in [0.15, 0.2) is 0 Å². The highest BCUT2D eigenvalue weighted by Gasteiger charge is 2.42. The van der Waals surface area contributed by atoms with Crippen LogP contribution < -0.4 is 0 Å². The monoisotopic (exact) mass is 432 g/mol. The van der Waals surface area contributed by atoms with E-state index in [1.807, 2.05) is 0 Å². The van der Waals surface area contributed by atoms with Crippen molar-refractivity contribution in [1.82, 2.24) is 0 Å². The van der Waals surface area contributed by atoms with Crippen molar-refractivity contribution < 1.29 is 59.4 Å². The lowest BCUT2D eigenvalue weighted by atomic mass is 9.74. The fourth-order valence-electron chi connectivity index (χ4n) is 3.93. The lowest BCUT2D eigenvalue weighted by molar-refractivity contribution is -0.159. The molecule has 2 fully saturated rings. The molecule has 0 spiro atoms. The topological polar surface area (TPSA) is 224 Å². The van der Waals surface area contributed by atoms with Crippen molar-refractivity contribution in [2.75, 3.05) is 0 Å². The Labute approximate surface area is 170 Å². The van der Waals surface area contributed by atoms with E-state index in [0.29, 0.717) is 0 Å². The van der Waals surface area contributed by atoms with Crippen molar-refractivity contribution in [3.05, 3.63) is 0 Å². The van der Waals surface area contributed by atoms with Gasteiger partial charge in [0.1, 0.15) is 0 Å². The fraction of sp³-hybridized carbons (Fsp3) is 0.667. The molecule has 0 saturated heterocycles. The highest BCUT2D eigenvalue weighted by Crippen LogP contribution is 2.35. The van der Waals surface area contributed by atoms with Crippen LogP contribution in [-0.2, 0) is 28.8 Å². The van der Waals surface area contributed by atoms with Crippen LogP contribution in [0.25, 0.3) is 0 Å². The van der Waals surface area contributed by atoms with Gasteiger partial charge in [-0.2, -0.15) is 0 Å². The highest BCUT2D eigenvalue weighted by atomic mass is 16.4. The predicted octanol–water partition coefficient (Wildman–Crippen LogP) is 0.545. The first-order valence-corrected chi connectivity index (χ1v) is 9.23. The van der Waals surface area contributed by atoms with Crippen LogP contribution in [0.2, 0.25) is 0 Å². The lowest BCUT2D eigenvalue weighted by Gasteiger charge is -2.29. The first-order chi connectivity index (χ1) is 13.9. The normalized spacial score (nSPS) is 30.8. The van der Waals surface area contributed by atoms with Gasteiger partial charge in [-0.25, -0.2) is 0 Å². The first kappa shape index (κ1) is 24.9. The van der Waals surface area contributed by atoms with Crippen LogP contribution in [-0.4, -0.2) is 66.5 Å². The van der Waals surface area contributed by atoms with E-state index in [-0.39, 0.29) is 38.5 Å². The van der Waals surface area contributed by atoms with Crippen LogP contribution in [0.4, 0.5) is 0 Å². The molecule has 2 saturated carbocycles. The lowest BCUT2D eigenvalue weighted by Crippen LogP contribution is -2.37.